The lowest BCUT2D eigenvalue weighted by Crippen LogP contribution is -2.22. The number of hydrogen-bond acceptors (Lipinski definition) is 6. The zero-order chi connectivity index (χ0) is 17.2. The van der Waals surface area contributed by atoms with Gasteiger partial charge in [0.15, 0.2) is 0 Å². The molecule has 1 N–H and O–H groups in total. The number of ether oxygens (including phenoxy) is 1. The van der Waals surface area contributed by atoms with Gasteiger partial charge in [0.25, 0.3) is 0 Å². The third-order valence-electron chi connectivity index (χ3n) is 4.34. The van der Waals surface area contributed by atoms with Crippen molar-refractivity contribution in [2.45, 2.75) is 32.6 Å². The maximum Gasteiger partial charge on any atom is 0.202 e. The molecule has 3 rings (SSSR count). The maximum absolute atomic E-state index is 5.32. The average molecular weight is 347 g/mol. The predicted molar refractivity (Wildman–Crippen MR) is 100 cm³/mol. The Morgan fingerprint density at radius 2 is 2.21 bits per heavy atom. The van der Waals surface area contributed by atoms with Crippen LogP contribution in [0.1, 0.15) is 33.0 Å². The van der Waals surface area contributed by atoms with Crippen LogP contribution in [-0.4, -0.2) is 36.1 Å². The van der Waals surface area contributed by atoms with E-state index in [1.807, 2.05) is 6.07 Å². The Hall–Kier alpha value is -1.82. The van der Waals surface area contributed by atoms with Crippen molar-refractivity contribution in [3.63, 3.8) is 0 Å². The van der Waals surface area contributed by atoms with Crippen molar-refractivity contribution in [1.82, 2.24) is 9.36 Å². The average Bonchev–Trinajstić information content (AvgIpc) is 3.22. The van der Waals surface area contributed by atoms with Gasteiger partial charge in [0.2, 0.25) is 5.13 Å². The van der Waals surface area contributed by atoms with Crippen LogP contribution < -0.4 is 15.0 Å². The summed E-state index contributed by atoms with van der Waals surface area (Å²) < 4.78 is 9.78. The fourth-order valence-corrected chi connectivity index (χ4v) is 3.64. The lowest BCUT2D eigenvalue weighted by Gasteiger charge is -2.19. The van der Waals surface area contributed by atoms with Crippen LogP contribution in [0.4, 0.5) is 10.8 Å². The highest BCUT2D eigenvalue weighted by atomic mass is 32.1. The van der Waals surface area contributed by atoms with Crippen LogP contribution in [-0.2, 0) is 5.41 Å². The van der Waals surface area contributed by atoms with E-state index in [0.717, 1.165) is 36.3 Å². The van der Waals surface area contributed by atoms with Crippen LogP contribution in [0.5, 0.6) is 5.75 Å². The number of benzene rings is 1. The number of rotatable bonds is 5. The minimum absolute atomic E-state index is 0.00690. The van der Waals surface area contributed by atoms with Gasteiger partial charge in [-0.3, -0.25) is 0 Å². The normalized spacial score (nSPS) is 18.0. The molecule has 1 aliphatic heterocycles. The van der Waals surface area contributed by atoms with Crippen molar-refractivity contribution >= 4 is 22.4 Å². The number of hydrogen-bond donors (Lipinski definition) is 1. The quantitative estimate of drug-likeness (QED) is 0.893. The van der Waals surface area contributed by atoms with E-state index in [2.05, 4.69) is 58.5 Å². The summed E-state index contributed by atoms with van der Waals surface area (Å²) >= 11 is 1.46. The summed E-state index contributed by atoms with van der Waals surface area (Å²) in [4.78, 5) is 7.03. The maximum atomic E-state index is 5.32. The number of aromatic nitrogens is 2. The van der Waals surface area contributed by atoms with Gasteiger partial charge in [0, 0.05) is 48.3 Å². The van der Waals surface area contributed by atoms with E-state index in [4.69, 9.17) is 4.74 Å². The van der Waals surface area contributed by atoms with Gasteiger partial charge in [-0.2, -0.15) is 4.37 Å². The van der Waals surface area contributed by atoms with Crippen LogP contribution in [0.25, 0.3) is 0 Å². The summed E-state index contributed by atoms with van der Waals surface area (Å²) in [5, 5.41) is 4.40. The molecule has 2 aromatic rings. The molecule has 1 atom stereocenters. The van der Waals surface area contributed by atoms with Crippen LogP contribution in [0.2, 0.25) is 0 Å². The first-order valence-electron chi connectivity index (χ1n) is 8.43. The molecule has 0 saturated carbocycles. The molecule has 1 aromatic carbocycles. The summed E-state index contributed by atoms with van der Waals surface area (Å²) in [7, 11) is 1.71. The van der Waals surface area contributed by atoms with E-state index >= 15 is 0 Å². The Morgan fingerprint density at radius 3 is 2.92 bits per heavy atom. The standard InChI is InChI=1S/C18H26N4OS/c1-18(2,3)16-20-17(24-21-16)19-11-13-8-9-22(12-13)14-6-5-7-15(10-14)23-4/h5-7,10,13H,8-9,11-12H2,1-4H3,(H,19,20,21). The Morgan fingerprint density at radius 1 is 1.38 bits per heavy atom. The Kier molecular flexibility index (Phi) is 4.94. The zero-order valence-electron chi connectivity index (χ0n) is 14.9. The molecular formula is C18H26N4OS. The van der Waals surface area contributed by atoms with Crippen molar-refractivity contribution in [3.05, 3.63) is 30.1 Å². The van der Waals surface area contributed by atoms with Crippen molar-refractivity contribution in [1.29, 1.82) is 0 Å². The number of anilines is 2. The molecule has 1 fully saturated rings. The van der Waals surface area contributed by atoms with Crippen molar-refractivity contribution < 1.29 is 4.74 Å². The first-order valence-corrected chi connectivity index (χ1v) is 9.20. The van der Waals surface area contributed by atoms with Gasteiger partial charge in [-0.1, -0.05) is 26.8 Å². The summed E-state index contributed by atoms with van der Waals surface area (Å²) in [6, 6.07) is 8.30. The third-order valence-corrected chi connectivity index (χ3v) is 5.02. The number of nitrogens with one attached hydrogen (secondary N) is 1. The monoisotopic (exact) mass is 346 g/mol. The fourth-order valence-electron chi connectivity index (χ4n) is 2.87. The van der Waals surface area contributed by atoms with Crippen LogP contribution in [0, 0.1) is 5.92 Å². The Labute approximate surface area is 148 Å². The van der Waals surface area contributed by atoms with E-state index in [-0.39, 0.29) is 5.41 Å². The Bertz CT molecular complexity index is 680. The molecule has 130 valence electrons. The smallest absolute Gasteiger partial charge is 0.202 e. The van der Waals surface area contributed by atoms with Crippen LogP contribution >= 0.6 is 11.5 Å². The lowest BCUT2D eigenvalue weighted by molar-refractivity contribution is 0.415. The van der Waals surface area contributed by atoms with Crippen molar-refractivity contribution in [2.75, 3.05) is 37.0 Å². The molecule has 1 unspecified atom stereocenters. The SMILES string of the molecule is COc1cccc(N2CCC(CNc3nc(C(C)(C)C)ns3)C2)c1. The second-order valence-electron chi connectivity index (χ2n) is 7.36. The molecule has 0 bridgehead atoms. The van der Waals surface area contributed by atoms with Gasteiger partial charge in [0.1, 0.15) is 11.6 Å². The molecule has 0 amide bonds. The van der Waals surface area contributed by atoms with Crippen molar-refractivity contribution in [3.8, 4) is 5.75 Å². The van der Waals surface area contributed by atoms with E-state index in [9.17, 15) is 0 Å². The molecule has 1 aliphatic rings. The summed E-state index contributed by atoms with van der Waals surface area (Å²) in [5.41, 5.74) is 1.25. The molecule has 0 aliphatic carbocycles. The molecule has 0 spiro atoms. The van der Waals surface area contributed by atoms with E-state index in [0.29, 0.717) is 5.92 Å². The molecule has 24 heavy (non-hydrogen) atoms. The van der Waals surface area contributed by atoms with Crippen molar-refractivity contribution in [2.24, 2.45) is 5.92 Å². The fraction of sp³-hybridized carbons (Fsp3) is 0.556. The zero-order valence-corrected chi connectivity index (χ0v) is 15.7. The molecule has 1 aromatic heterocycles. The summed E-state index contributed by atoms with van der Waals surface area (Å²) in [5.74, 6) is 2.45. The van der Waals surface area contributed by atoms with Gasteiger partial charge >= 0.3 is 0 Å². The minimum atomic E-state index is 0.00690. The molecule has 1 saturated heterocycles. The van der Waals surface area contributed by atoms with Gasteiger partial charge in [-0.15, -0.1) is 0 Å². The lowest BCUT2D eigenvalue weighted by atomic mass is 9.96. The predicted octanol–water partition coefficient (Wildman–Crippen LogP) is 3.78. The second-order valence-corrected chi connectivity index (χ2v) is 8.11. The van der Waals surface area contributed by atoms with E-state index in [1.54, 1.807) is 7.11 Å². The highest BCUT2D eigenvalue weighted by Gasteiger charge is 2.24. The molecular weight excluding hydrogens is 320 g/mol. The highest BCUT2D eigenvalue weighted by molar-refractivity contribution is 7.09. The topological polar surface area (TPSA) is 50.3 Å². The Balaban J connectivity index is 1.54. The van der Waals surface area contributed by atoms with Crippen LogP contribution in [0.15, 0.2) is 24.3 Å². The number of methoxy groups -OCH3 is 1. The number of nitrogens with zero attached hydrogens (tertiary/aromatic N) is 3. The summed E-state index contributed by atoms with van der Waals surface area (Å²) in [6.45, 7) is 9.51. The highest BCUT2D eigenvalue weighted by Crippen LogP contribution is 2.28. The third kappa shape index (κ3) is 3.98. The molecule has 5 nitrogen and oxygen atoms in total. The molecule has 0 radical (unpaired) electrons. The van der Waals surface area contributed by atoms with Gasteiger partial charge in [-0.05, 0) is 24.5 Å². The van der Waals surface area contributed by atoms with Gasteiger partial charge in [0.05, 0.1) is 7.11 Å². The van der Waals surface area contributed by atoms with Gasteiger partial charge in [-0.25, -0.2) is 4.98 Å². The molecule has 2 heterocycles. The first-order chi connectivity index (χ1) is 11.5. The van der Waals surface area contributed by atoms with E-state index < -0.39 is 0 Å². The second kappa shape index (κ2) is 6.97. The first kappa shape index (κ1) is 17.0. The van der Waals surface area contributed by atoms with E-state index in [1.165, 1.54) is 23.6 Å². The summed E-state index contributed by atoms with van der Waals surface area (Å²) in [6.07, 6.45) is 1.19. The largest absolute Gasteiger partial charge is 0.497 e. The van der Waals surface area contributed by atoms with Crippen LogP contribution in [0.3, 0.4) is 0 Å². The minimum Gasteiger partial charge on any atom is -0.497 e. The van der Waals surface area contributed by atoms with Gasteiger partial charge < -0.3 is 15.0 Å². The molecule has 6 heteroatoms.